The third-order valence-corrected chi connectivity index (χ3v) is 1.80. The summed E-state index contributed by atoms with van der Waals surface area (Å²) in [5.74, 6) is -2.91. The summed E-state index contributed by atoms with van der Waals surface area (Å²) in [6.45, 7) is 4.28. The van der Waals surface area contributed by atoms with E-state index in [4.69, 9.17) is 5.11 Å². The Balaban J connectivity index is 4.22. The van der Waals surface area contributed by atoms with Crippen LogP contribution in [-0.4, -0.2) is 24.4 Å². The van der Waals surface area contributed by atoms with Gasteiger partial charge in [0.05, 0.1) is 6.42 Å². The third kappa shape index (κ3) is 3.03. The van der Waals surface area contributed by atoms with E-state index in [1.54, 1.807) is 0 Å². The Morgan fingerprint density at radius 1 is 1.33 bits per heavy atom. The van der Waals surface area contributed by atoms with Crippen molar-refractivity contribution in [3.05, 3.63) is 0 Å². The van der Waals surface area contributed by atoms with Crippen LogP contribution in [0.2, 0.25) is 0 Å². The van der Waals surface area contributed by atoms with Crippen molar-refractivity contribution in [3.8, 4) is 0 Å². The molecule has 0 rings (SSSR count). The second kappa shape index (κ2) is 3.66. The lowest BCUT2D eigenvalue weighted by atomic mass is 9.86. The number of rotatable bonds is 3. The van der Waals surface area contributed by atoms with E-state index < -0.39 is 24.0 Å². The van der Waals surface area contributed by atoms with Crippen molar-refractivity contribution in [2.75, 3.05) is 7.11 Å². The molecule has 0 bridgehead atoms. The van der Waals surface area contributed by atoms with Gasteiger partial charge in [0.15, 0.2) is 6.29 Å². The fraction of sp³-hybridized carbons (Fsp3) is 1.00. The van der Waals surface area contributed by atoms with Gasteiger partial charge in [0.1, 0.15) is 0 Å². The molecule has 0 fully saturated rings. The molecule has 0 aliphatic carbocycles. The number of methoxy groups -OCH3 is 1. The molecule has 12 heavy (non-hydrogen) atoms. The zero-order valence-electron chi connectivity index (χ0n) is 7.90. The van der Waals surface area contributed by atoms with Crippen LogP contribution in [0.5, 0.6) is 0 Å². The van der Waals surface area contributed by atoms with Gasteiger partial charge in [-0.15, -0.1) is 0 Å². The number of alkyl halides is 2. The average Bonchev–Trinajstić information content (AvgIpc) is 1.84. The molecular formula is C8H16F2O2. The highest BCUT2D eigenvalue weighted by Crippen LogP contribution is 2.39. The van der Waals surface area contributed by atoms with E-state index in [9.17, 15) is 8.78 Å². The molecule has 0 radical (unpaired) electrons. The molecule has 0 heterocycles. The van der Waals surface area contributed by atoms with Crippen LogP contribution < -0.4 is 0 Å². The maximum atomic E-state index is 13.1. The fourth-order valence-corrected chi connectivity index (χ4v) is 0.609. The second-order valence-electron chi connectivity index (χ2n) is 3.85. The van der Waals surface area contributed by atoms with Gasteiger partial charge in [-0.25, -0.2) is 8.78 Å². The number of hydrogen-bond donors (Lipinski definition) is 1. The minimum atomic E-state index is -2.91. The molecule has 0 aromatic carbocycles. The van der Waals surface area contributed by atoms with Crippen molar-refractivity contribution in [3.63, 3.8) is 0 Å². The summed E-state index contributed by atoms with van der Waals surface area (Å²) in [4.78, 5) is 0. The first-order valence-corrected chi connectivity index (χ1v) is 3.79. The lowest BCUT2D eigenvalue weighted by molar-refractivity contribution is -0.176. The molecule has 0 aliphatic heterocycles. The highest BCUT2D eigenvalue weighted by molar-refractivity contribution is 4.81. The Bertz CT molecular complexity index is 140. The van der Waals surface area contributed by atoms with Gasteiger partial charge in [0.25, 0.3) is 5.92 Å². The maximum Gasteiger partial charge on any atom is 0.257 e. The summed E-state index contributed by atoms with van der Waals surface area (Å²) in [7, 11) is 1.20. The largest absolute Gasteiger partial charge is 0.368 e. The molecule has 2 nitrogen and oxygen atoms in total. The van der Waals surface area contributed by atoms with E-state index in [2.05, 4.69) is 4.74 Å². The molecule has 0 saturated heterocycles. The Morgan fingerprint density at radius 2 is 1.75 bits per heavy atom. The van der Waals surface area contributed by atoms with Crippen molar-refractivity contribution in [1.82, 2.24) is 0 Å². The molecule has 1 N–H and O–H groups in total. The smallest absolute Gasteiger partial charge is 0.257 e. The summed E-state index contributed by atoms with van der Waals surface area (Å²) in [6.07, 6.45) is -2.05. The van der Waals surface area contributed by atoms with Crippen LogP contribution in [0.15, 0.2) is 0 Å². The number of hydrogen-bond acceptors (Lipinski definition) is 2. The lowest BCUT2D eigenvalue weighted by Gasteiger charge is -2.31. The first-order chi connectivity index (χ1) is 5.20. The predicted octanol–water partition coefficient (Wildman–Crippen LogP) is 2.02. The van der Waals surface area contributed by atoms with Gasteiger partial charge in [0.2, 0.25) is 0 Å². The van der Waals surface area contributed by atoms with Gasteiger partial charge in [0, 0.05) is 12.5 Å². The number of aliphatic hydroxyl groups is 1. The Kier molecular flexibility index (Phi) is 3.59. The van der Waals surface area contributed by atoms with E-state index in [0.29, 0.717) is 0 Å². The van der Waals surface area contributed by atoms with E-state index in [0.717, 1.165) is 0 Å². The van der Waals surface area contributed by atoms with E-state index in [-0.39, 0.29) is 0 Å². The highest BCUT2D eigenvalue weighted by Gasteiger charge is 2.44. The second-order valence-corrected chi connectivity index (χ2v) is 3.85. The molecule has 0 aromatic heterocycles. The van der Waals surface area contributed by atoms with Crippen LogP contribution in [0.1, 0.15) is 27.2 Å². The molecule has 0 saturated carbocycles. The number of aliphatic hydroxyl groups excluding tert-OH is 1. The summed E-state index contributed by atoms with van der Waals surface area (Å²) in [6, 6.07) is 0. The van der Waals surface area contributed by atoms with E-state index in [1.165, 1.54) is 27.9 Å². The topological polar surface area (TPSA) is 29.5 Å². The molecule has 0 spiro atoms. The minimum absolute atomic E-state index is 0.660. The zero-order chi connectivity index (χ0) is 9.99. The molecule has 0 aliphatic rings. The van der Waals surface area contributed by atoms with E-state index >= 15 is 0 Å². The lowest BCUT2D eigenvalue weighted by Crippen LogP contribution is -2.37. The third-order valence-electron chi connectivity index (χ3n) is 1.80. The SMILES string of the molecule is COC(O)CC(F)(F)C(C)(C)C. The first kappa shape index (κ1) is 11.8. The van der Waals surface area contributed by atoms with Crippen molar-refractivity contribution < 1.29 is 18.6 Å². The van der Waals surface area contributed by atoms with Crippen molar-refractivity contribution in [2.45, 2.75) is 39.4 Å². The van der Waals surface area contributed by atoms with Crippen molar-refractivity contribution >= 4 is 0 Å². The maximum absolute atomic E-state index is 13.1. The average molecular weight is 182 g/mol. The van der Waals surface area contributed by atoms with Crippen molar-refractivity contribution in [2.24, 2.45) is 5.41 Å². The first-order valence-electron chi connectivity index (χ1n) is 3.79. The van der Waals surface area contributed by atoms with Crippen LogP contribution in [0.3, 0.4) is 0 Å². The number of halogens is 2. The van der Waals surface area contributed by atoms with Crippen LogP contribution >= 0.6 is 0 Å². The molecule has 0 amide bonds. The predicted molar refractivity (Wildman–Crippen MR) is 42.0 cm³/mol. The van der Waals surface area contributed by atoms with Gasteiger partial charge < -0.3 is 9.84 Å². The van der Waals surface area contributed by atoms with Crippen LogP contribution in [0, 0.1) is 5.41 Å². The van der Waals surface area contributed by atoms with Gasteiger partial charge in [-0.1, -0.05) is 20.8 Å². The van der Waals surface area contributed by atoms with Crippen molar-refractivity contribution in [1.29, 1.82) is 0 Å². The van der Waals surface area contributed by atoms with Crippen LogP contribution in [0.4, 0.5) is 8.78 Å². The quantitative estimate of drug-likeness (QED) is 0.676. The van der Waals surface area contributed by atoms with Crippen LogP contribution in [-0.2, 0) is 4.74 Å². The molecule has 1 atom stereocenters. The highest BCUT2D eigenvalue weighted by atomic mass is 19.3. The molecule has 1 unspecified atom stereocenters. The van der Waals surface area contributed by atoms with E-state index in [1.807, 2.05) is 0 Å². The molecule has 4 heteroatoms. The normalized spacial score (nSPS) is 16.2. The monoisotopic (exact) mass is 182 g/mol. The molecule has 0 aromatic rings. The summed E-state index contributed by atoms with van der Waals surface area (Å²) in [5, 5.41) is 8.85. The summed E-state index contributed by atoms with van der Waals surface area (Å²) < 4.78 is 30.6. The van der Waals surface area contributed by atoms with Gasteiger partial charge in [-0.2, -0.15) is 0 Å². The standard InChI is InChI=1S/C8H16F2O2/c1-7(2,3)8(9,10)5-6(11)12-4/h6,11H,5H2,1-4H3. The van der Waals surface area contributed by atoms with Gasteiger partial charge in [-0.05, 0) is 0 Å². The molecular weight excluding hydrogens is 166 g/mol. The van der Waals surface area contributed by atoms with Crippen LogP contribution in [0.25, 0.3) is 0 Å². The molecule has 74 valence electrons. The summed E-state index contributed by atoms with van der Waals surface area (Å²) in [5.41, 5.74) is -1.15. The van der Waals surface area contributed by atoms with Gasteiger partial charge >= 0.3 is 0 Å². The fourth-order valence-electron chi connectivity index (χ4n) is 0.609. The number of ether oxygens (including phenoxy) is 1. The Morgan fingerprint density at radius 3 is 2.00 bits per heavy atom. The minimum Gasteiger partial charge on any atom is -0.368 e. The van der Waals surface area contributed by atoms with Gasteiger partial charge in [-0.3, -0.25) is 0 Å². The summed E-state index contributed by atoms with van der Waals surface area (Å²) >= 11 is 0. The Hall–Kier alpha value is -0.220. The zero-order valence-corrected chi connectivity index (χ0v) is 7.90. The Labute approximate surface area is 71.5 Å².